The molecule has 1 aromatic rings. The summed E-state index contributed by atoms with van der Waals surface area (Å²) in [5.41, 5.74) is 0. The van der Waals surface area contributed by atoms with E-state index in [1.54, 1.807) is 0 Å². The monoisotopic (exact) mass is 203 g/mol. The topological polar surface area (TPSA) is 51.0 Å². The van der Waals surface area contributed by atoms with Gasteiger partial charge >= 0.3 is 0 Å². The first-order chi connectivity index (χ1) is 5.86. The minimum Gasteiger partial charge on any atom is -0.339 e. The first kappa shape index (κ1) is 10.5. The van der Waals surface area contributed by atoms with Crippen LogP contribution in [0.2, 0.25) is 0 Å². The summed E-state index contributed by atoms with van der Waals surface area (Å²) < 4.78 is 5.11. The summed E-state index contributed by atoms with van der Waals surface area (Å²) >= 11 is 0. The van der Waals surface area contributed by atoms with Gasteiger partial charge in [-0.05, 0) is 32.9 Å². The van der Waals surface area contributed by atoms with Crippen LogP contribution in [0, 0.1) is 6.92 Å². The summed E-state index contributed by atoms with van der Waals surface area (Å²) in [5.74, 6) is 2.03. The molecule has 2 heterocycles. The lowest BCUT2D eigenvalue weighted by Gasteiger charge is -2.18. The predicted molar refractivity (Wildman–Crippen MR) is 51.1 cm³/mol. The Morgan fingerprint density at radius 1 is 1.38 bits per heavy atom. The molecule has 0 aliphatic carbocycles. The zero-order valence-corrected chi connectivity index (χ0v) is 8.43. The number of halogens is 1. The molecule has 1 aliphatic heterocycles. The molecule has 1 N–H and O–H groups in total. The lowest BCUT2D eigenvalue weighted by molar-refractivity contribution is 0.319. The second kappa shape index (κ2) is 4.58. The molecular weight excluding hydrogens is 190 g/mol. The van der Waals surface area contributed by atoms with Crippen LogP contribution in [0.15, 0.2) is 4.52 Å². The predicted octanol–water partition coefficient (Wildman–Crippen LogP) is 1.27. The molecule has 1 aromatic heterocycles. The van der Waals surface area contributed by atoms with Crippen LogP contribution in [-0.4, -0.2) is 23.2 Å². The molecule has 0 aromatic carbocycles. The third kappa shape index (κ3) is 2.42. The van der Waals surface area contributed by atoms with Crippen molar-refractivity contribution in [3.8, 4) is 0 Å². The first-order valence-corrected chi connectivity index (χ1v) is 4.37. The van der Waals surface area contributed by atoms with Crippen molar-refractivity contribution in [2.24, 2.45) is 0 Å². The van der Waals surface area contributed by atoms with Crippen molar-refractivity contribution in [1.82, 2.24) is 15.5 Å². The maximum absolute atomic E-state index is 5.11. The van der Waals surface area contributed by atoms with E-state index in [2.05, 4.69) is 15.5 Å². The molecule has 0 unspecified atom stereocenters. The highest BCUT2D eigenvalue weighted by Gasteiger charge is 2.20. The molecule has 0 saturated carbocycles. The lowest BCUT2D eigenvalue weighted by Crippen LogP contribution is -2.26. The molecule has 1 aliphatic rings. The molecule has 0 bridgehead atoms. The molecule has 0 spiro atoms. The molecule has 5 heteroatoms. The van der Waals surface area contributed by atoms with Gasteiger partial charge in [0, 0.05) is 5.92 Å². The molecule has 4 nitrogen and oxygen atoms in total. The van der Waals surface area contributed by atoms with Crippen molar-refractivity contribution in [3.05, 3.63) is 11.7 Å². The highest BCUT2D eigenvalue weighted by molar-refractivity contribution is 5.85. The Kier molecular flexibility index (Phi) is 3.69. The number of aromatic nitrogens is 2. The van der Waals surface area contributed by atoms with Gasteiger partial charge in [0.25, 0.3) is 0 Å². The number of aryl methyl sites for hydroxylation is 1. The molecule has 0 radical (unpaired) electrons. The van der Waals surface area contributed by atoms with Crippen molar-refractivity contribution >= 4 is 12.4 Å². The maximum atomic E-state index is 5.11. The largest absolute Gasteiger partial charge is 0.339 e. The van der Waals surface area contributed by atoms with Crippen molar-refractivity contribution < 1.29 is 4.52 Å². The molecule has 1 fully saturated rings. The number of rotatable bonds is 1. The lowest BCUT2D eigenvalue weighted by atomic mass is 9.98. The SMILES string of the molecule is Cc1noc(C2CCNCC2)n1.Cl. The maximum Gasteiger partial charge on any atom is 0.229 e. The van der Waals surface area contributed by atoms with Crippen LogP contribution >= 0.6 is 12.4 Å². The van der Waals surface area contributed by atoms with E-state index < -0.39 is 0 Å². The van der Waals surface area contributed by atoms with E-state index in [-0.39, 0.29) is 12.4 Å². The average molecular weight is 204 g/mol. The van der Waals surface area contributed by atoms with Gasteiger partial charge in [0.1, 0.15) is 0 Å². The quantitative estimate of drug-likeness (QED) is 0.747. The third-order valence-corrected chi connectivity index (χ3v) is 2.23. The summed E-state index contributed by atoms with van der Waals surface area (Å²) in [7, 11) is 0. The van der Waals surface area contributed by atoms with E-state index in [9.17, 15) is 0 Å². The number of piperidine rings is 1. The van der Waals surface area contributed by atoms with Crippen molar-refractivity contribution in [2.75, 3.05) is 13.1 Å². The van der Waals surface area contributed by atoms with Gasteiger partial charge in [0.15, 0.2) is 5.82 Å². The summed E-state index contributed by atoms with van der Waals surface area (Å²) in [6.07, 6.45) is 2.23. The van der Waals surface area contributed by atoms with Crippen molar-refractivity contribution in [3.63, 3.8) is 0 Å². The molecule has 1 saturated heterocycles. The number of hydrogen-bond donors (Lipinski definition) is 1. The van der Waals surface area contributed by atoms with Crippen LogP contribution in [-0.2, 0) is 0 Å². The van der Waals surface area contributed by atoms with Gasteiger partial charge in [0.2, 0.25) is 5.89 Å². The van der Waals surface area contributed by atoms with Gasteiger partial charge in [-0.3, -0.25) is 0 Å². The zero-order valence-electron chi connectivity index (χ0n) is 7.62. The fourth-order valence-electron chi connectivity index (χ4n) is 1.55. The Morgan fingerprint density at radius 2 is 2.08 bits per heavy atom. The Bertz CT molecular complexity index is 258. The Balaban J connectivity index is 0.000000845. The number of nitrogens with zero attached hydrogens (tertiary/aromatic N) is 2. The highest BCUT2D eigenvalue weighted by Crippen LogP contribution is 2.22. The molecule has 2 rings (SSSR count). The molecule has 0 atom stereocenters. The van der Waals surface area contributed by atoms with Gasteiger partial charge in [-0.15, -0.1) is 12.4 Å². The summed E-state index contributed by atoms with van der Waals surface area (Å²) in [6.45, 7) is 3.98. The summed E-state index contributed by atoms with van der Waals surface area (Å²) in [6, 6.07) is 0. The fourth-order valence-corrected chi connectivity index (χ4v) is 1.55. The van der Waals surface area contributed by atoms with Gasteiger partial charge in [-0.1, -0.05) is 5.16 Å². The van der Waals surface area contributed by atoms with E-state index in [1.165, 1.54) is 0 Å². The van der Waals surface area contributed by atoms with E-state index >= 15 is 0 Å². The molecule has 0 amide bonds. The molecule has 13 heavy (non-hydrogen) atoms. The van der Waals surface area contributed by atoms with Crippen LogP contribution in [0.4, 0.5) is 0 Å². The molecular formula is C8H14ClN3O. The second-order valence-electron chi connectivity index (χ2n) is 3.20. The standard InChI is InChI=1S/C8H13N3O.ClH/c1-6-10-8(12-11-6)7-2-4-9-5-3-7;/h7,9H,2-5H2,1H3;1H. The van der Waals surface area contributed by atoms with E-state index in [4.69, 9.17) is 4.52 Å². The van der Waals surface area contributed by atoms with Crippen LogP contribution in [0.25, 0.3) is 0 Å². The molecule has 74 valence electrons. The second-order valence-corrected chi connectivity index (χ2v) is 3.20. The summed E-state index contributed by atoms with van der Waals surface area (Å²) in [5, 5.41) is 7.09. The highest BCUT2D eigenvalue weighted by atomic mass is 35.5. The van der Waals surface area contributed by atoms with Crippen LogP contribution in [0.5, 0.6) is 0 Å². The van der Waals surface area contributed by atoms with Gasteiger partial charge in [-0.2, -0.15) is 4.98 Å². The fraction of sp³-hybridized carbons (Fsp3) is 0.750. The van der Waals surface area contributed by atoms with Crippen LogP contribution in [0.1, 0.15) is 30.5 Å². The van der Waals surface area contributed by atoms with Gasteiger partial charge < -0.3 is 9.84 Å². The smallest absolute Gasteiger partial charge is 0.229 e. The number of hydrogen-bond acceptors (Lipinski definition) is 4. The van der Waals surface area contributed by atoms with Gasteiger partial charge in [-0.25, -0.2) is 0 Å². The minimum atomic E-state index is 0. The average Bonchev–Trinajstić information content (AvgIpc) is 2.54. The van der Waals surface area contributed by atoms with Crippen LogP contribution < -0.4 is 5.32 Å². The van der Waals surface area contributed by atoms with E-state index in [1.807, 2.05) is 6.92 Å². The zero-order chi connectivity index (χ0) is 8.39. The van der Waals surface area contributed by atoms with Crippen molar-refractivity contribution in [1.29, 1.82) is 0 Å². The van der Waals surface area contributed by atoms with Crippen molar-refractivity contribution in [2.45, 2.75) is 25.7 Å². The van der Waals surface area contributed by atoms with Crippen LogP contribution in [0.3, 0.4) is 0 Å². The first-order valence-electron chi connectivity index (χ1n) is 4.37. The normalized spacial score (nSPS) is 18.2. The minimum absolute atomic E-state index is 0. The number of nitrogens with one attached hydrogen (secondary N) is 1. The van der Waals surface area contributed by atoms with E-state index in [0.29, 0.717) is 5.92 Å². The van der Waals surface area contributed by atoms with Gasteiger partial charge in [0.05, 0.1) is 0 Å². The Labute approximate surface area is 83.5 Å². The Hall–Kier alpha value is -0.610. The Morgan fingerprint density at radius 3 is 2.62 bits per heavy atom. The van der Waals surface area contributed by atoms with E-state index in [0.717, 1.165) is 37.6 Å². The third-order valence-electron chi connectivity index (χ3n) is 2.23. The summed E-state index contributed by atoms with van der Waals surface area (Å²) in [4.78, 5) is 4.23.